The molecule has 2 aromatic rings. The molecule has 2 rings (SSSR count). The third kappa shape index (κ3) is 3.89. The van der Waals surface area contributed by atoms with Crippen LogP contribution in [0.25, 0.3) is 0 Å². The molecule has 0 amide bonds. The lowest BCUT2D eigenvalue weighted by Gasteiger charge is -2.06. The minimum Gasteiger partial charge on any atom is -0.485 e. The smallest absolute Gasteiger partial charge is 0.200 e. The van der Waals surface area contributed by atoms with Crippen LogP contribution in [0.4, 0.5) is 13.9 Å². The molecule has 0 spiro atoms. The first kappa shape index (κ1) is 15.2. The molecule has 0 fully saturated rings. The first-order valence-corrected chi connectivity index (χ1v) is 7.67. The summed E-state index contributed by atoms with van der Waals surface area (Å²) in [5.41, 5.74) is 0. The van der Waals surface area contributed by atoms with Crippen LogP contribution in [0, 0.1) is 11.6 Å². The van der Waals surface area contributed by atoms with Crippen molar-refractivity contribution in [2.45, 2.75) is 20.0 Å². The zero-order valence-corrected chi connectivity index (χ0v) is 13.2. The van der Waals surface area contributed by atoms with E-state index in [-0.39, 0.29) is 12.4 Å². The molecule has 1 aromatic heterocycles. The molecule has 20 heavy (non-hydrogen) atoms. The predicted octanol–water partition coefficient (Wildman–Crippen LogP) is 4.58. The van der Waals surface area contributed by atoms with Crippen LogP contribution in [-0.2, 0) is 6.61 Å². The maximum Gasteiger partial charge on any atom is 0.200 e. The summed E-state index contributed by atoms with van der Waals surface area (Å²) in [6, 6.07) is 2.46. The molecule has 1 aromatic carbocycles. The average Bonchev–Trinajstić information content (AvgIpc) is 2.86. The van der Waals surface area contributed by atoms with Crippen LogP contribution in [-0.4, -0.2) is 11.5 Å². The second-order valence-corrected chi connectivity index (χ2v) is 6.08. The summed E-state index contributed by atoms with van der Waals surface area (Å²) in [6.07, 6.45) is 2.67. The van der Waals surface area contributed by atoms with E-state index in [2.05, 4.69) is 33.2 Å². The molecule has 0 bridgehead atoms. The van der Waals surface area contributed by atoms with E-state index in [0.717, 1.165) is 29.0 Å². The Hall–Kier alpha value is -1.21. The summed E-state index contributed by atoms with van der Waals surface area (Å²) in [5, 5.41) is 3.95. The van der Waals surface area contributed by atoms with Crippen molar-refractivity contribution in [3.8, 4) is 5.75 Å². The van der Waals surface area contributed by atoms with Gasteiger partial charge in [0.05, 0.1) is 4.88 Å². The van der Waals surface area contributed by atoms with Gasteiger partial charge in [-0.25, -0.2) is 9.37 Å². The summed E-state index contributed by atoms with van der Waals surface area (Å²) in [4.78, 5) is 5.01. The summed E-state index contributed by atoms with van der Waals surface area (Å²) in [5.74, 6) is -2.04. The van der Waals surface area contributed by atoms with Crippen LogP contribution in [0.5, 0.6) is 5.75 Å². The Morgan fingerprint density at radius 1 is 1.40 bits per heavy atom. The predicted molar refractivity (Wildman–Crippen MR) is 79.3 cm³/mol. The van der Waals surface area contributed by atoms with Gasteiger partial charge >= 0.3 is 0 Å². The highest BCUT2D eigenvalue weighted by Gasteiger charge is 2.12. The third-order valence-corrected chi connectivity index (χ3v) is 3.80. The highest BCUT2D eigenvalue weighted by molar-refractivity contribution is 9.10. The van der Waals surface area contributed by atoms with Crippen LogP contribution in [0.3, 0.4) is 0 Å². The van der Waals surface area contributed by atoms with Gasteiger partial charge in [0.15, 0.2) is 16.7 Å². The van der Waals surface area contributed by atoms with E-state index >= 15 is 0 Å². The van der Waals surface area contributed by atoms with Gasteiger partial charge < -0.3 is 10.1 Å². The van der Waals surface area contributed by atoms with Crippen molar-refractivity contribution < 1.29 is 13.5 Å². The zero-order chi connectivity index (χ0) is 14.5. The Morgan fingerprint density at radius 2 is 2.20 bits per heavy atom. The molecule has 1 heterocycles. The van der Waals surface area contributed by atoms with Gasteiger partial charge in [0.2, 0.25) is 5.82 Å². The topological polar surface area (TPSA) is 34.2 Å². The number of ether oxygens (including phenoxy) is 1. The molecule has 0 atom stereocenters. The number of halogens is 3. The van der Waals surface area contributed by atoms with Crippen molar-refractivity contribution in [2.24, 2.45) is 0 Å². The summed E-state index contributed by atoms with van der Waals surface area (Å²) >= 11 is 4.53. The van der Waals surface area contributed by atoms with Crippen LogP contribution >= 0.6 is 27.3 Å². The van der Waals surface area contributed by atoms with Gasteiger partial charge in [0, 0.05) is 17.2 Å². The van der Waals surface area contributed by atoms with Crippen LogP contribution in [0.2, 0.25) is 0 Å². The van der Waals surface area contributed by atoms with Gasteiger partial charge in [0.25, 0.3) is 0 Å². The molecule has 0 aliphatic rings. The lowest BCUT2D eigenvalue weighted by atomic mass is 10.3. The minimum absolute atomic E-state index is 0.117. The zero-order valence-electron chi connectivity index (χ0n) is 10.8. The number of thiazole rings is 1. The van der Waals surface area contributed by atoms with E-state index < -0.39 is 11.6 Å². The molecule has 3 nitrogen and oxygen atoms in total. The fraction of sp³-hybridized carbons (Fsp3) is 0.308. The highest BCUT2D eigenvalue weighted by Crippen LogP contribution is 2.27. The van der Waals surface area contributed by atoms with Gasteiger partial charge in [-0.2, -0.15) is 4.39 Å². The fourth-order valence-corrected chi connectivity index (χ4v) is 2.63. The third-order valence-electron chi connectivity index (χ3n) is 2.41. The fourth-order valence-electron chi connectivity index (χ4n) is 1.47. The molecular weight excluding hydrogens is 350 g/mol. The number of benzene rings is 1. The van der Waals surface area contributed by atoms with Crippen molar-refractivity contribution in [2.75, 3.05) is 11.9 Å². The van der Waals surface area contributed by atoms with Gasteiger partial charge in [-0.15, -0.1) is 0 Å². The van der Waals surface area contributed by atoms with Crippen molar-refractivity contribution in [3.63, 3.8) is 0 Å². The standard InChI is InChI=1S/C13H13BrF2N2OS/c1-2-3-17-13-18-6-9(20-13)7-19-11-5-8(14)4-10(15)12(11)16/h4-6H,2-3,7H2,1H3,(H,17,18). The number of hydrogen-bond acceptors (Lipinski definition) is 4. The number of anilines is 1. The SMILES string of the molecule is CCCNc1ncc(COc2cc(Br)cc(F)c2F)s1. The van der Waals surface area contributed by atoms with E-state index in [9.17, 15) is 8.78 Å². The second-order valence-electron chi connectivity index (χ2n) is 4.05. The summed E-state index contributed by atoms with van der Waals surface area (Å²) in [7, 11) is 0. The molecule has 0 unspecified atom stereocenters. The van der Waals surface area contributed by atoms with Crippen molar-refractivity contribution in [3.05, 3.63) is 39.3 Å². The monoisotopic (exact) mass is 362 g/mol. The number of nitrogens with zero attached hydrogens (tertiary/aromatic N) is 1. The number of rotatable bonds is 6. The number of aromatic nitrogens is 1. The molecule has 0 saturated carbocycles. The summed E-state index contributed by atoms with van der Waals surface area (Å²) < 4.78 is 32.4. The maximum atomic E-state index is 13.5. The number of hydrogen-bond donors (Lipinski definition) is 1. The second kappa shape index (κ2) is 6.99. The van der Waals surface area contributed by atoms with Gasteiger partial charge in [-0.1, -0.05) is 34.2 Å². The van der Waals surface area contributed by atoms with Crippen molar-refractivity contribution in [1.29, 1.82) is 0 Å². The molecule has 0 radical (unpaired) electrons. The first-order valence-electron chi connectivity index (χ1n) is 6.06. The highest BCUT2D eigenvalue weighted by atomic mass is 79.9. The van der Waals surface area contributed by atoms with E-state index in [1.54, 1.807) is 6.20 Å². The molecule has 0 saturated heterocycles. The molecule has 7 heteroatoms. The minimum atomic E-state index is -0.984. The Balaban J connectivity index is 2.00. The van der Waals surface area contributed by atoms with Crippen molar-refractivity contribution in [1.82, 2.24) is 4.98 Å². The van der Waals surface area contributed by atoms with Gasteiger partial charge in [-0.3, -0.25) is 0 Å². The Kier molecular flexibility index (Phi) is 5.31. The molecular formula is C13H13BrF2N2OS. The Morgan fingerprint density at radius 3 is 2.95 bits per heavy atom. The lowest BCUT2D eigenvalue weighted by Crippen LogP contribution is -1.98. The molecule has 1 N–H and O–H groups in total. The quantitative estimate of drug-likeness (QED) is 0.763. The normalized spacial score (nSPS) is 10.6. The molecule has 0 aliphatic heterocycles. The Labute approximate surface area is 128 Å². The van der Waals surface area contributed by atoms with E-state index in [1.807, 2.05) is 0 Å². The van der Waals surface area contributed by atoms with E-state index in [4.69, 9.17) is 4.74 Å². The summed E-state index contributed by atoms with van der Waals surface area (Å²) in [6.45, 7) is 3.06. The lowest BCUT2D eigenvalue weighted by molar-refractivity contribution is 0.287. The van der Waals surface area contributed by atoms with Crippen LogP contribution in [0.15, 0.2) is 22.8 Å². The maximum absolute atomic E-state index is 13.5. The first-order chi connectivity index (χ1) is 9.60. The molecule has 0 aliphatic carbocycles. The van der Waals surface area contributed by atoms with Gasteiger partial charge in [0.1, 0.15) is 6.61 Å². The van der Waals surface area contributed by atoms with Crippen LogP contribution < -0.4 is 10.1 Å². The van der Waals surface area contributed by atoms with E-state index in [0.29, 0.717) is 4.47 Å². The average molecular weight is 363 g/mol. The Bertz CT molecular complexity index is 592. The van der Waals surface area contributed by atoms with E-state index in [1.165, 1.54) is 17.4 Å². The number of nitrogens with one attached hydrogen (secondary N) is 1. The van der Waals surface area contributed by atoms with Gasteiger partial charge in [-0.05, 0) is 18.6 Å². The van der Waals surface area contributed by atoms with Crippen molar-refractivity contribution >= 4 is 32.4 Å². The van der Waals surface area contributed by atoms with Crippen LogP contribution in [0.1, 0.15) is 18.2 Å². The molecule has 108 valence electrons. The largest absolute Gasteiger partial charge is 0.485 e.